The molecule has 102 valence electrons. The predicted octanol–water partition coefficient (Wildman–Crippen LogP) is 1.28. The molecule has 0 fully saturated rings. The summed E-state index contributed by atoms with van der Waals surface area (Å²) in [6.45, 7) is 0.988. The van der Waals surface area contributed by atoms with Crippen LogP contribution in [0.25, 0.3) is 0 Å². The Hall–Kier alpha value is -2.56. The van der Waals surface area contributed by atoms with Crippen molar-refractivity contribution in [3.8, 4) is 5.75 Å². The van der Waals surface area contributed by atoms with E-state index in [0.29, 0.717) is 13.1 Å². The summed E-state index contributed by atoms with van der Waals surface area (Å²) in [5, 5.41) is 9.52. The lowest BCUT2D eigenvalue weighted by Crippen LogP contribution is -2.38. The van der Waals surface area contributed by atoms with Crippen LogP contribution in [-0.2, 0) is 13.0 Å². The Morgan fingerprint density at radius 2 is 2.10 bits per heavy atom. The molecule has 1 amide bonds. The zero-order chi connectivity index (χ0) is 14.1. The van der Waals surface area contributed by atoms with Crippen molar-refractivity contribution in [2.75, 3.05) is 6.54 Å². The lowest BCUT2D eigenvalue weighted by atomic mass is 9.99. The van der Waals surface area contributed by atoms with Gasteiger partial charge in [0.15, 0.2) is 5.43 Å². The maximum atomic E-state index is 12.4. The third-order valence-electron chi connectivity index (χ3n) is 3.54. The molecule has 0 bridgehead atoms. The molecule has 1 aromatic carbocycles. The molecule has 5 nitrogen and oxygen atoms in total. The van der Waals surface area contributed by atoms with Crippen molar-refractivity contribution in [1.82, 2.24) is 9.88 Å². The zero-order valence-electron chi connectivity index (χ0n) is 10.8. The van der Waals surface area contributed by atoms with Gasteiger partial charge in [0, 0.05) is 31.5 Å². The van der Waals surface area contributed by atoms with Gasteiger partial charge in [0.1, 0.15) is 11.3 Å². The minimum atomic E-state index is -0.282. The fraction of sp³-hybridized carbons (Fsp3) is 0.200. The number of nitrogens with one attached hydrogen (secondary N) is 1. The van der Waals surface area contributed by atoms with Crippen LogP contribution in [0.4, 0.5) is 0 Å². The van der Waals surface area contributed by atoms with Crippen molar-refractivity contribution in [3.05, 3.63) is 63.6 Å². The van der Waals surface area contributed by atoms with Gasteiger partial charge in [0.25, 0.3) is 5.91 Å². The molecule has 1 aromatic heterocycles. The Morgan fingerprint density at radius 1 is 1.25 bits per heavy atom. The molecule has 2 heterocycles. The van der Waals surface area contributed by atoms with E-state index >= 15 is 0 Å². The van der Waals surface area contributed by atoms with Gasteiger partial charge in [-0.3, -0.25) is 9.59 Å². The molecule has 0 saturated heterocycles. The van der Waals surface area contributed by atoms with Gasteiger partial charge in [0.2, 0.25) is 0 Å². The maximum Gasteiger partial charge on any atom is 0.259 e. The molecule has 0 unspecified atom stereocenters. The van der Waals surface area contributed by atoms with Crippen LogP contribution in [0.3, 0.4) is 0 Å². The normalized spacial score (nSPS) is 13.9. The molecule has 1 aliphatic heterocycles. The number of carbonyl (C=O) groups excluding carboxylic acids is 1. The molecule has 0 aliphatic carbocycles. The van der Waals surface area contributed by atoms with E-state index in [0.717, 1.165) is 17.5 Å². The van der Waals surface area contributed by atoms with Gasteiger partial charge in [0.05, 0.1) is 0 Å². The van der Waals surface area contributed by atoms with Crippen LogP contribution in [0.1, 0.15) is 21.5 Å². The zero-order valence-corrected chi connectivity index (χ0v) is 10.8. The summed E-state index contributed by atoms with van der Waals surface area (Å²) in [6.07, 6.45) is 3.66. The van der Waals surface area contributed by atoms with Gasteiger partial charge in [-0.25, -0.2) is 0 Å². The minimum absolute atomic E-state index is 0.149. The van der Waals surface area contributed by atoms with Crippen LogP contribution in [0.2, 0.25) is 0 Å². The van der Waals surface area contributed by atoms with Crippen LogP contribution in [0.15, 0.2) is 41.5 Å². The number of phenolic OH excluding ortho intramolecular Hbond substituents is 1. The van der Waals surface area contributed by atoms with Crippen LogP contribution in [0.5, 0.6) is 5.75 Å². The van der Waals surface area contributed by atoms with Crippen molar-refractivity contribution in [1.29, 1.82) is 0 Å². The van der Waals surface area contributed by atoms with Gasteiger partial charge >= 0.3 is 0 Å². The Kier molecular flexibility index (Phi) is 3.02. The van der Waals surface area contributed by atoms with Crippen LogP contribution < -0.4 is 5.43 Å². The number of H-pyrrole nitrogens is 1. The summed E-state index contributed by atoms with van der Waals surface area (Å²) < 4.78 is 0. The molecule has 0 saturated carbocycles. The second kappa shape index (κ2) is 4.85. The Labute approximate surface area is 115 Å². The van der Waals surface area contributed by atoms with Gasteiger partial charge in [-0.2, -0.15) is 0 Å². The first kappa shape index (κ1) is 12.5. The number of fused-ring (bicyclic) bond motifs is 1. The molecular formula is C15H14N2O3. The smallest absolute Gasteiger partial charge is 0.259 e. The summed E-state index contributed by atoms with van der Waals surface area (Å²) >= 11 is 0. The second-order valence-electron chi connectivity index (χ2n) is 4.85. The molecule has 0 radical (unpaired) electrons. The number of benzene rings is 1. The summed E-state index contributed by atoms with van der Waals surface area (Å²) in [7, 11) is 0. The van der Waals surface area contributed by atoms with Crippen molar-refractivity contribution >= 4 is 5.91 Å². The van der Waals surface area contributed by atoms with E-state index in [1.807, 2.05) is 6.07 Å². The largest absolute Gasteiger partial charge is 0.508 e. The highest BCUT2D eigenvalue weighted by Crippen LogP contribution is 2.23. The molecule has 20 heavy (non-hydrogen) atoms. The number of nitrogens with zero attached hydrogens (tertiary/aromatic N) is 1. The van der Waals surface area contributed by atoms with Gasteiger partial charge in [-0.1, -0.05) is 6.07 Å². The number of aromatic amines is 1. The molecule has 3 rings (SSSR count). The molecule has 0 spiro atoms. The number of phenols is 1. The highest BCUT2D eigenvalue weighted by atomic mass is 16.3. The number of hydrogen-bond acceptors (Lipinski definition) is 3. The topological polar surface area (TPSA) is 73.4 Å². The van der Waals surface area contributed by atoms with Crippen molar-refractivity contribution < 1.29 is 9.90 Å². The first-order valence-corrected chi connectivity index (χ1v) is 6.42. The predicted molar refractivity (Wildman–Crippen MR) is 73.6 cm³/mol. The molecule has 2 N–H and O–H groups in total. The van der Waals surface area contributed by atoms with Crippen LogP contribution in [0, 0.1) is 0 Å². The van der Waals surface area contributed by atoms with Crippen LogP contribution >= 0.6 is 0 Å². The highest BCUT2D eigenvalue weighted by molar-refractivity contribution is 5.93. The minimum Gasteiger partial charge on any atom is -0.508 e. The fourth-order valence-electron chi connectivity index (χ4n) is 2.47. The SMILES string of the molecule is O=C(c1c[nH]ccc1=O)N1CCc2ccc(O)cc2C1. The van der Waals surface area contributed by atoms with E-state index < -0.39 is 0 Å². The average Bonchev–Trinajstić information content (AvgIpc) is 2.46. The lowest BCUT2D eigenvalue weighted by Gasteiger charge is -2.28. The van der Waals surface area contributed by atoms with E-state index in [4.69, 9.17) is 0 Å². The third-order valence-corrected chi connectivity index (χ3v) is 3.54. The first-order valence-electron chi connectivity index (χ1n) is 6.42. The molecule has 2 aromatic rings. The maximum absolute atomic E-state index is 12.4. The van der Waals surface area contributed by atoms with E-state index in [-0.39, 0.29) is 22.6 Å². The quantitative estimate of drug-likeness (QED) is 0.819. The van der Waals surface area contributed by atoms with Gasteiger partial charge < -0.3 is 15.0 Å². The highest BCUT2D eigenvalue weighted by Gasteiger charge is 2.23. The van der Waals surface area contributed by atoms with E-state index in [2.05, 4.69) is 4.98 Å². The number of rotatable bonds is 1. The molecule has 1 aliphatic rings. The summed E-state index contributed by atoms with van der Waals surface area (Å²) in [5.74, 6) is -0.0866. The second-order valence-corrected chi connectivity index (χ2v) is 4.85. The van der Waals surface area contributed by atoms with Crippen molar-refractivity contribution in [3.63, 3.8) is 0 Å². The average molecular weight is 270 g/mol. The number of carbonyl (C=O) groups is 1. The standard InChI is InChI=1S/C15H14N2O3/c18-12-2-1-10-4-6-17(9-11(10)7-12)15(20)13-8-16-5-3-14(13)19/h1-3,5,7-8,18H,4,6,9H2,(H,16,19). The number of aromatic hydroxyl groups is 1. The number of amides is 1. The number of pyridine rings is 1. The monoisotopic (exact) mass is 270 g/mol. The number of hydrogen-bond donors (Lipinski definition) is 2. The summed E-state index contributed by atoms with van der Waals surface area (Å²) in [4.78, 5) is 28.4. The molecule has 0 atom stereocenters. The summed E-state index contributed by atoms with van der Waals surface area (Å²) in [6, 6.07) is 6.54. The van der Waals surface area contributed by atoms with E-state index in [1.54, 1.807) is 17.0 Å². The Balaban J connectivity index is 1.89. The third kappa shape index (κ3) is 2.18. The van der Waals surface area contributed by atoms with Gasteiger partial charge in [-0.15, -0.1) is 0 Å². The van der Waals surface area contributed by atoms with E-state index in [9.17, 15) is 14.7 Å². The summed E-state index contributed by atoms with van der Waals surface area (Å²) in [5.41, 5.74) is 1.93. The van der Waals surface area contributed by atoms with E-state index in [1.165, 1.54) is 18.5 Å². The Bertz CT molecular complexity index is 721. The molecular weight excluding hydrogens is 256 g/mol. The van der Waals surface area contributed by atoms with Crippen molar-refractivity contribution in [2.45, 2.75) is 13.0 Å². The number of aromatic nitrogens is 1. The fourth-order valence-corrected chi connectivity index (χ4v) is 2.47. The van der Waals surface area contributed by atoms with Gasteiger partial charge in [-0.05, 0) is 29.7 Å². The van der Waals surface area contributed by atoms with Crippen molar-refractivity contribution in [2.24, 2.45) is 0 Å². The lowest BCUT2D eigenvalue weighted by molar-refractivity contribution is 0.0732. The molecule has 5 heteroatoms. The first-order chi connectivity index (χ1) is 9.65. The van der Waals surface area contributed by atoms with Crippen LogP contribution in [-0.4, -0.2) is 27.4 Å². The Morgan fingerprint density at radius 3 is 2.90 bits per heavy atom.